The maximum absolute atomic E-state index is 6.06. The van der Waals surface area contributed by atoms with Crippen LogP contribution in [0.3, 0.4) is 0 Å². The summed E-state index contributed by atoms with van der Waals surface area (Å²) in [6.07, 6.45) is 2.49. The average molecular weight is 247 g/mol. The van der Waals surface area contributed by atoms with Crippen molar-refractivity contribution in [2.45, 2.75) is 24.3 Å². The van der Waals surface area contributed by atoms with E-state index in [0.29, 0.717) is 0 Å². The Hall–Kier alpha value is -1.19. The first-order valence-corrected chi connectivity index (χ1v) is 6.70. The first-order chi connectivity index (χ1) is 8.24. The Morgan fingerprint density at radius 2 is 2.00 bits per heavy atom. The molecular weight excluding hydrogens is 230 g/mol. The fourth-order valence-corrected chi connectivity index (χ4v) is 2.44. The van der Waals surface area contributed by atoms with Crippen LogP contribution in [-0.4, -0.2) is 11.8 Å². The van der Waals surface area contributed by atoms with Gasteiger partial charge in [0.15, 0.2) is 0 Å². The summed E-state index contributed by atoms with van der Waals surface area (Å²) in [5.74, 6) is 1.87. The molecule has 1 heterocycles. The molecule has 1 aromatic carbocycles. The van der Waals surface area contributed by atoms with Crippen LogP contribution in [0.25, 0.3) is 0 Å². The third-order valence-corrected chi connectivity index (χ3v) is 3.73. The van der Waals surface area contributed by atoms with Gasteiger partial charge >= 0.3 is 0 Å². The van der Waals surface area contributed by atoms with E-state index in [1.807, 2.05) is 12.1 Å². The first kappa shape index (κ1) is 12.3. The summed E-state index contributed by atoms with van der Waals surface area (Å²) in [4.78, 5) is 1.27. The monoisotopic (exact) mass is 247 g/mol. The van der Waals surface area contributed by atoms with Crippen molar-refractivity contribution in [2.75, 3.05) is 5.75 Å². The number of rotatable bonds is 5. The minimum atomic E-state index is 0.132. The third kappa shape index (κ3) is 3.95. The van der Waals surface area contributed by atoms with Crippen LogP contribution in [-0.2, 0) is 6.42 Å². The number of nitrogens with two attached hydrogens (primary N) is 1. The molecule has 0 fully saturated rings. The fraction of sp³-hybridized carbons (Fsp3) is 0.286. The number of benzene rings is 1. The van der Waals surface area contributed by atoms with Crippen molar-refractivity contribution in [1.29, 1.82) is 0 Å². The third-order valence-electron chi connectivity index (χ3n) is 2.53. The van der Waals surface area contributed by atoms with Gasteiger partial charge in [-0.1, -0.05) is 17.7 Å². The van der Waals surface area contributed by atoms with E-state index in [1.165, 1.54) is 10.5 Å². The summed E-state index contributed by atoms with van der Waals surface area (Å²) in [6, 6.07) is 12.5. The normalized spacial score (nSPS) is 12.6. The van der Waals surface area contributed by atoms with Crippen molar-refractivity contribution in [3.63, 3.8) is 0 Å². The smallest absolute Gasteiger partial charge is 0.105 e. The predicted molar refractivity (Wildman–Crippen MR) is 72.3 cm³/mol. The van der Waals surface area contributed by atoms with Crippen molar-refractivity contribution in [3.8, 4) is 0 Å². The van der Waals surface area contributed by atoms with Gasteiger partial charge in [0.1, 0.15) is 5.76 Å². The summed E-state index contributed by atoms with van der Waals surface area (Å²) in [6.45, 7) is 2.09. The number of furan rings is 1. The number of hydrogen-bond donors (Lipinski definition) is 1. The minimum Gasteiger partial charge on any atom is -0.469 e. The van der Waals surface area contributed by atoms with Gasteiger partial charge in [0, 0.05) is 23.1 Å². The summed E-state index contributed by atoms with van der Waals surface area (Å²) in [5, 5.41) is 0. The van der Waals surface area contributed by atoms with Gasteiger partial charge in [-0.15, -0.1) is 11.8 Å². The molecule has 0 amide bonds. The molecule has 3 heteroatoms. The lowest BCUT2D eigenvalue weighted by molar-refractivity contribution is 0.493. The molecule has 2 rings (SSSR count). The Bertz CT molecular complexity index is 436. The van der Waals surface area contributed by atoms with Gasteiger partial charge in [0.25, 0.3) is 0 Å². The molecule has 0 aliphatic heterocycles. The molecule has 1 unspecified atom stereocenters. The SMILES string of the molecule is Cc1ccc(SCC(N)Cc2ccco2)cc1. The minimum absolute atomic E-state index is 0.132. The van der Waals surface area contributed by atoms with E-state index in [4.69, 9.17) is 10.2 Å². The van der Waals surface area contributed by atoms with E-state index < -0.39 is 0 Å². The van der Waals surface area contributed by atoms with E-state index >= 15 is 0 Å². The average Bonchev–Trinajstić information content (AvgIpc) is 2.81. The van der Waals surface area contributed by atoms with E-state index in [9.17, 15) is 0 Å². The van der Waals surface area contributed by atoms with Gasteiger partial charge in [-0.2, -0.15) is 0 Å². The van der Waals surface area contributed by atoms with Gasteiger partial charge in [-0.3, -0.25) is 0 Å². The zero-order valence-electron chi connectivity index (χ0n) is 9.93. The molecule has 0 spiro atoms. The molecule has 2 N–H and O–H groups in total. The fourth-order valence-electron chi connectivity index (χ4n) is 1.58. The maximum Gasteiger partial charge on any atom is 0.105 e. The van der Waals surface area contributed by atoms with Crippen LogP contribution in [0.2, 0.25) is 0 Å². The Labute approximate surface area is 106 Å². The quantitative estimate of drug-likeness (QED) is 0.824. The number of hydrogen-bond acceptors (Lipinski definition) is 3. The Morgan fingerprint density at radius 1 is 1.24 bits per heavy atom. The molecule has 0 aliphatic rings. The molecule has 0 aliphatic carbocycles. The summed E-state index contributed by atoms with van der Waals surface area (Å²) >= 11 is 1.79. The van der Waals surface area contributed by atoms with E-state index in [2.05, 4.69) is 31.2 Å². The predicted octanol–water partition coefficient (Wildman–Crippen LogP) is 3.25. The van der Waals surface area contributed by atoms with E-state index in [-0.39, 0.29) is 6.04 Å². The van der Waals surface area contributed by atoms with Crippen LogP contribution in [0.15, 0.2) is 52.0 Å². The van der Waals surface area contributed by atoms with Crippen LogP contribution in [0.4, 0.5) is 0 Å². The Morgan fingerprint density at radius 3 is 2.65 bits per heavy atom. The highest BCUT2D eigenvalue weighted by atomic mass is 32.2. The van der Waals surface area contributed by atoms with Gasteiger partial charge < -0.3 is 10.2 Å². The molecule has 90 valence electrons. The standard InChI is InChI=1S/C14H17NOS/c1-11-4-6-14(7-5-11)17-10-12(15)9-13-3-2-8-16-13/h2-8,12H,9-10,15H2,1H3. The van der Waals surface area contributed by atoms with Gasteiger partial charge in [0.2, 0.25) is 0 Å². The van der Waals surface area contributed by atoms with Crippen molar-refractivity contribution in [3.05, 3.63) is 54.0 Å². The van der Waals surface area contributed by atoms with E-state index in [0.717, 1.165) is 17.9 Å². The van der Waals surface area contributed by atoms with Crippen LogP contribution < -0.4 is 5.73 Å². The summed E-state index contributed by atoms with van der Waals surface area (Å²) < 4.78 is 5.28. The first-order valence-electron chi connectivity index (χ1n) is 5.71. The molecule has 0 radical (unpaired) electrons. The maximum atomic E-state index is 6.06. The Kier molecular flexibility index (Phi) is 4.29. The highest BCUT2D eigenvalue weighted by Crippen LogP contribution is 2.19. The van der Waals surface area contributed by atoms with Crippen molar-refractivity contribution >= 4 is 11.8 Å². The topological polar surface area (TPSA) is 39.2 Å². The number of aryl methyl sites for hydroxylation is 1. The van der Waals surface area contributed by atoms with Crippen molar-refractivity contribution in [1.82, 2.24) is 0 Å². The molecule has 1 aromatic heterocycles. The lowest BCUT2D eigenvalue weighted by atomic mass is 10.2. The molecule has 0 saturated heterocycles. The number of thioether (sulfide) groups is 1. The molecule has 2 nitrogen and oxygen atoms in total. The molecule has 0 bridgehead atoms. The van der Waals surface area contributed by atoms with Crippen LogP contribution >= 0.6 is 11.8 Å². The molecule has 17 heavy (non-hydrogen) atoms. The van der Waals surface area contributed by atoms with Crippen LogP contribution in [0.5, 0.6) is 0 Å². The molecular formula is C14H17NOS. The van der Waals surface area contributed by atoms with Crippen LogP contribution in [0.1, 0.15) is 11.3 Å². The van der Waals surface area contributed by atoms with Crippen molar-refractivity contribution < 1.29 is 4.42 Å². The van der Waals surface area contributed by atoms with Crippen LogP contribution in [0, 0.1) is 6.92 Å². The highest BCUT2D eigenvalue weighted by molar-refractivity contribution is 7.99. The largest absolute Gasteiger partial charge is 0.469 e. The summed E-state index contributed by atoms with van der Waals surface area (Å²) in [7, 11) is 0. The molecule has 0 saturated carbocycles. The highest BCUT2D eigenvalue weighted by Gasteiger charge is 2.06. The molecule has 2 aromatic rings. The summed E-state index contributed by atoms with van der Waals surface area (Å²) in [5.41, 5.74) is 7.35. The zero-order chi connectivity index (χ0) is 12.1. The van der Waals surface area contributed by atoms with Gasteiger partial charge in [0.05, 0.1) is 6.26 Å². The zero-order valence-corrected chi connectivity index (χ0v) is 10.7. The van der Waals surface area contributed by atoms with Crippen molar-refractivity contribution in [2.24, 2.45) is 5.73 Å². The van der Waals surface area contributed by atoms with E-state index in [1.54, 1.807) is 18.0 Å². The molecule has 1 atom stereocenters. The lowest BCUT2D eigenvalue weighted by Gasteiger charge is -2.09. The second-order valence-electron chi connectivity index (χ2n) is 4.17. The lowest BCUT2D eigenvalue weighted by Crippen LogP contribution is -2.25. The van der Waals surface area contributed by atoms with Gasteiger partial charge in [-0.05, 0) is 31.2 Å². The van der Waals surface area contributed by atoms with Gasteiger partial charge in [-0.25, -0.2) is 0 Å². The second-order valence-corrected chi connectivity index (χ2v) is 5.26. The Balaban J connectivity index is 1.79. The second kappa shape index (κ2) is 5.94.